The highest BCUT2D eigenvalue weighted by atomic mass is 16.4. The first-order valence-electron chi connectivity index (χ1n) is 3.95. The quantitative estimate of drug-likeness (QED) is 0.654. The topological polar surface area (TPSA) is 52.9 Å². The normalized spacial score (nSPS) is 17.9. The Balaban J connectivity index is 2.88. The van der Waals surface area contributed by atoms with E-state index in [1.165, 1.54) is 0 Å². The van der Waals surface area contributed by atoms with Crippen molar-refractivity contribution in [1.29, 1.82) is 0 Å². The van der Waals surface area contributed by atoms with Crippen LogP contribution in [0.5, 0.6) is 0 Å². The molecule has 0 aromatic heterocycles. The lowest BCUT2D eigenvalue weighted by Gasteiger charge is -2.25. The lowest BCUT2D eigenvalue weighted by atomic mass is 9.92. The van der Waals surface area contributed by atoms with Crippen molar-refractivity contribution in [2.24, 2.45) is 10.4 Å². The molecule has 0 bridgehead atoms. The fraction of sp³-hybridized carbons (Fsp3) is 0.750. The molecule has 0 saturated heterocycles. The predicted octanol–water partition coefficient (Wildman–Crippen LogP) is 0.441. The van der Waals surface area contributed by atoms with Crippen LogP contribution in [0.3, 0.4) is 0 Å². The SMILES string of the molecule is CN1CCN=C1C(C)(C)C(=O)O. The van der Waals surface area contributed by atoms with Gasteiger partial charge < -0.3 is 10.0 Å². The van der Waals surface area contributed by atoms with Crippen molar-refractivity contribution in [3.63, 3.8) is 0 Å². The van der Waals surface area contributed by atoms with Gasteiger partial charge in [-0.15, -0.1) is 0 Å². The van der Waals surface area contributed by atoms with Crippen LogP contribution in [0.15, 0.2) is 4.99 Å². The zero-order chi connectivity index (χ0) is 9.35. The Morgan fingerprint density at radius 2 is 2.25 bits per heavy atom. The molecule has 12 heavy (non-hydrogen) atoms. The second kappa shape index (κ2) is 2.77. The van der Waals surface area contributed by atoms with Crippen LogP contribution in [-0.2, 0) is 4.79 Å². The lowest BCUT2D eigenvalue weighted by molar-refractivity contribution is -0.143. The van der Waals surface area contributed by atoms with Crippen LogP contribution < -0.4 is 0 Å². The number of carboxylic acids is 1. The van der Waals surface area contributed by atoms with E-state index in [0.717, 1.165) is 6.54 Å². The molecule has 0 aliphatic carbocycles. The van der Waals surface area contributed by atoms with Gasteiger partial charge in [-0.2, -0.15) is 0 Å². The smallest absolute Gasteiger partial charge is 0.316 e. The van der Waals surface area contributed by atoms with Crippen LogP contribution in [0, 0.1) is 5.41 Å². The molecule has 0 aromatic rings. The number of carboxylic acid groups (broad SMARTS) is 1. The molecule has 0 atom stereocenters. The second-order valence-electron chi connectivity index (χ2n) is 3.56. The fourth-order valence-electron chi connectivity index (χ4n) is 1.30. The molecule has 0 spiro atoms. The molecule has 0 radical (unpaired) electrons. The molecule has 4 heteroatoms. The van der Waals surface area contributed by atoms with E-state index in [1.54, 1.807) is 13.8 Å². The molecular weight excluding hydrogens is 156 g/mol. The molecule has 0 unspecified atom stereocenters. The number of aliphatic carboxylic acids is 1. The van der Waals surface area contributed by atoms with Gasteiger partial charge in [-0.1, -0.05) is 0 Å². The minimum Gasteiger partial charge on any atom is -0.481 e. The number of nitrogens with zero attached hydrogens (tertiary/aromatic N) is 2. The summed E-state index contributed by atoms with van der Waals surface area (Å²) in [5, 5.41) is 8.91. The highest BCUT2D eigenvalue weighted by Crippen LogP contribution is 2.22. The molecular formula is C8H14N2O2. The average Bonchev–Trinajstić information content (AvgIpc) is 2.35. The number of hydrogen-bond acceptors (Lipinski definition) is 3. The Morgan fingerprint density at radius 1 is 1.67 bits per heavy atom. The van der Waals surface area contributed by atoms with Crippen LogP contribution in [0.25, 0.3) is 0 Å². The summed E-state index contributed by atoms with van der Waals surface area (Å²) in [5.41, 5.74) is -0.856. The van der Waals surface area contributed by atoms with Gasteiger partial charge in [-0.05, 0) is 13.8 Å². The van der Waals surface area contributed by atoms with Crippen LogP contribution >= 0.6 is 0 Å². The van der Waals surface area contributed by atoms with Gasteiger partial charge in [0, 0.05) is 13.6 Å². The molecule has 1 N–H and O–H groups in total. The zero-order valence-corrected chi connectivity index (χ0v) is 7.66. The maximum Gasteiger partial charge on any atom is 0.316 e. The average molecular weight is 170 g/mol. The van der Waals surface area contributed by atoms with Crippen molar-refractivity contribution in [3.05, 3.63) is 0 Å². The Labute approximate surface area is 71.9 Å². The Hall–Kier alpha value is -1.06. The summed E-state index contributed by atoms with van der Waals surface area (Å²) in [6, 6.07) is 0. The highest BCUT2D eigenvalue weighted by Gasteiger charge is 2.37. The standard InChI is InChI=1S/C8H14N2O2/c1-8(2,7(11)12)6-9-4-5-10(6)3/h4-5H2,1-3H3,(H,11,12). The molecule has 1 rings (SSSR count). The molecule has 0 amide bonds. The second-order valence-corrected chi connectivity index (χ2v) is 3.56. The first kappa shape index (κ1) is 9.03. The number of rotatable bonds is 2. The Kier molecular flexibility index (Phi) is 2.08. The summed E-state index contributed by atoms with van der Waals surface area (Å²) < 4.78 is 0. The molecule has 1 aliphatic rings. The van der Waals surface area contributed by atoms with E-state index in [2.05, 4.69) is 4.99 Å². The largest absolute Gasteiger partial charge is 0.481 e. The molecule has 0 aromatic carbocycles. The van der Waals surface area contributed by atoms with E-state index in [0.29, 0.717) is 12.4 Å². The molecule has 1 aliphatic heterocycles. The van der Waals surface area contributed by atoms with Gasteiger partial charge in [0.05, 0.1) is 6.54 Å². The highest BCUT2D eigenvalue weighted by molar-refractivity contribution is 6.04. The van der Waals surface area contributed by atoms with E-state index in [1.807, 2.05) is 11.9 Å². The predicted molar refractivity (Wildman–Crippen MR) is 46.3 cm³/mol. The van der Waals surface area contributed by atoms with Crippen molar-refractivity contribution in [1.82, 2.24) is 4.90 Å². The fourth-order valence-corrected chi connectivity index (χ4v) is 1.30. The summed E-state index contributed by atoms with van der Waals surface area (Å²) in [7, 11) is 1.87. The number of likely N-dealkylation sites (N-methyl/N-ethyl adjacent to an activating group) is 1. The van der Waals surface area contributed by atoms with E-state index in [9.17, 15) is 4.79 Å². The van der Waals surface area contributed by atoms with Gasteiger partial charge in [-0.3, -0.25) is 9.79 Å². The summed E-state index contributed by atoms with van der Waals surface area (Å²) in [4.78, 5) is 16.9. The first-order valence-corrected chi connectivity index (χ1v) is 3.95. The van der Waals surface area contributed by atoms with Gasteiger partial charge in [0.15, 0.2) is 0 Å². The van der Waals surface area contributed by atoms with E-state index in [4.69, 9.17) is 5.11 Å². The van der Waals surface area contributed by atoms with Crippen molar-refractivity contribution < 1.29 is 9.90 Å². The third kappa shape index (κ3) is 1.29. The van der Waals surface area contributed by atoms with Gasteiger partial charge in [0.25, 0.3) is 0 Å². The van der Waals surface area contributed by atoms with E-state index in [-0.39, 0.29) is 0 Å². The summed E-state index contributed by atoms with van der Waals surface area (Å²) in [6.45, 7) is 4.89. The maximum absolute atomic E-state index is 10.8. The zero-order valence-electron chi connectivity index (χ0n) is 7.66. The van der Waals surface area contributed by atoms with Crippen molar-refractivity contribution in [2.75, 3.05) is 20.1 Å². The number of hydrogen-bond donors (Lipinski definition) is 1. The van der Waals surface area contributed by atoms with E-state index >= 15 is 0 Å². The van der Waals surface area contributed by atoms with Gasteiger partial charge in [0.2, 0.25) is 0 Å². The molecule has 0 saturated carbocycles. The third-order valence-electron chi connectivity index (χ3n) is 2.15. The van der Waals surface area contributed by atoms with Crippen molar-refractivity contribution in [3.8, 4) is 0 Å². The number of carbonyl (C=O) groups is 1. The van der Waals surface area contributed by atoms with Crippen LogP contribution in [-0.4, -0.2) is 41.9 Å². The maximum atomic E-state index is 10.8. The molecule has 4 nitrogen and oxygen atoms in total. The molecule has 68 valence electrons. The minimum absolute atomic E-state index is 0.676. The van der Waals surface area contributed by atoms with Crippen molar-refractivity contribution in [2.45, 2.75) is 13.8 Å². The van der Waals surface area contributed by atoms with Gasteiger partial charge in [-0.25, -0.2) is 0 Å². The number of aliphatic imine (C=N–C) groups is 1. The summed E-state index contributed by atoms with van der Waals surface area (Å²) in [6.07, 6.45) is 0. The number of amidine groups is 1. The van der Waals surface area contributed by atoms with Crippen LogP contribution in [0.2, 0.25) is 0 Å². The van der Waals surface area contributed by atoms with E-state index < -0.39 is 11.4 Å². The molecule has 0 fully saturated rings. The lowest BCUT2D eigenvalue weighted by Crippen LogP contribution is -2.41. The monoisotopic (exact) mass is 170 g/mol. The first-order chi connectivity index (χ1) is 5.46. The minimum atomic E-state index is -0.856. The molecule has 1 heterocycles. The van der Waals surface area contributed by atoms with Crippen molar-refractivity contribution >= 4 is 11.8 Å². The third-order valence-corrected chi connectivity index (χ3v) is 2.15. The summed E-state index contributed by atoms with van der Waals surface area (Å²) >= 11 is 0. The van der Waals surface area contributed by atoms with Crippen LogP contribution in [0.4, 0.5) is 0 Å². The summed E-state index contributed by atoms with van der Waals surface area (Å²) in [5.74, 6) is -0.148. The Bertz CT molecular complexity index is 233. The van der Waals surface area contributed by atoms with Gasteiger partial charge >= 0.3 is 5.97 Å². The van der Waals surface area contributed by atoms with Gasteiger partial charge in [0.1, 0.15) is 11.3 Å². The Morgan fingerprint density at radius 3 is 2.58 bits per heavy atom. The van der Waals surface area contributed by atoms with Crippen LogP contribution in [0.1, 0.15) is 13.8 Å².